The maximum absolute atomic E-state index is 5.47. The third kappa shape index (κ3) is 2.60. The van der Waals surface area contributed by atoms with E-state index < -0.39 is 0 Å². The fraction of sp³-hybridized carbons (Fsp3) is 0.111. The molecule has 0 amide bonds. The van der Waals surface area contributed by atoms with Gasteiger partial charge in [-0.2, -0.15) is 0 Å². The third-order valence-corrected chi connectivity index (χ3v) is 3.21. The van der Waals surface area contributed by atoms with Crippen molar-refractivity contribution in [1.82, 2.24) is 0 Å². The summed E-state index contributed by atoms with van der Waals surface area (Å²) in [5, 5.41) is 2.00. The van der Waals surface area contributed by atoms with Crippen molar-refractivity contribution in [1.29, 1.82) is 0 Å². The SMILES string of the molecule is C[S+](/C=C\Cl)c1ccccc1. The highest BCUT2D eigenvalue weighted by molar-refractivity contribution is 7.99. The first-order valence-corrected chi connectivity index (χ1v) is 5.44. The molecule has 11 heavy (non-hydrogen) atoms. The van der Waals surface area contributed by atoms with E-state index in [1.165, 1.54) is 4.90 Å². The van der Waals surface area contributed by atoms with E-state index in [1.807, 2.05) is 23.6 Å². The molecule has 58 valence electrons. The molecule has 0 heterocycles. The maximum Gasteiger partial charge on any atom is 0.159 e. The smallest absolute Gasteiger partial charge is 0.0882 e. The molecular weight excluding hydrogens is 176 g/mol. The van der Waals surface area contributed by atoms with Crippen molar-refractivity contribution < 1.29 is 0 Å². The fourth-order valence-corrected chi connectivity index (χ4v) is 2.15. The van der Waals surface area contributed by atoms with Gasteiger partial charge in [0.2, 0.25) is 0 Å². The minimum Gasteiger partial charge on any atom is -0.0882 e. The van der Waals surface area contributed by atoms with Crippen LogP contribution in [-0.4, -0.2) is 6.26 Å². The molecule has 1 rings (SSSR count). The van der Waals surface area contributed by atoms with Gasteiger partial charge in [-0.3, -0.25) is 0 Å². The summed E-state index contributed by atoms with van der Waals surface area (Å²) in [5.41, 5.74) is 1.58. The topological polar surface area (TPSA) is 0 Å². The molecule has 0 N–H and O–H groups in total. The minimum absolute atomic E-state index is 0.154. The van der Waals surface area contributed by atoms with Crippen LogP contribution in [-0.2, 0) is 10.9 Å². The highest BCUT2D eigenvalue weighted by Crippen LogP contribution is 2.11. The summed E-state index contributed by atoms with van der Waals surface area (Å²) in [7, 11) is 0.154. The Morgan fingerprint density at radius 1 is 1.27 bits per heavy atom. The summed E-state index contributed by atoms with van der Waals surface area (Å²) in [6, 6.07) is 10.3. The van der Waals surface area contributed by atoms with Crippen LogP contribution in [0.25, 0.3) is 0 Å². The Bertz CT molecular complexity index is 231. The van der Waals surface area contributed by atoms with Crippen molar-refractivity contribution >= 4 is 22.5 Å². The molecule has 0 radical (unpaired) electrons. The molecule has 0 nitrogen and oxygen atoms in total. The first kappa shape index (κ1) is 8.69. The lowest BCUT2D eigenvalue weighted by molar-refractivity contribution is 1.46. The van der Waals surface area contributed by atoms with E-state index in [4.69, 9.17) is 11.6 Å². The van der Waals surface area contributed by atoms with Gasteiger partial charge in [-0.05, 0) is 12.1 Å². The van der Waals surface area contributed by atoms with E-state index in [2.05, 4.69) is 18.4 Å². The molecule has 2 heteroatoms. The summed E-state index contributed by atoms with van der Waals surface area (Å²) in [6.45, 7) is 0. The lowest BCUT2D eigenvalue weighted by Gasteiger charge is -1.93. The first-order valence-electron chi connectivity index (χ1n) is 3.31. The van der Waals surface area contributed by atoms with Gasteiger partial charge >= 0.3 is 0 Å². The van der Waals surface area contributed by atoms with Crippen LogP contribution in [0.1, 0.15) is 0 Å². The maximum atomic E-state index is 5.47. The van der Waals surface area contributed by atoms with Crippen molar-refractivity contribution in [2.45, 2.75) is 4.90 Å². The highest BCUT2D eigenvalue weighted by atomic mass is 35.5. The third-order valence-electron chi connectivity index (χ3n) is 1.37. The number of hydrogen-bond acceptors (Lipinski definition) is 0. The van der Waals surface area contributed by atoms with E-state index in [9.17, 15) is 0 Å². The zero-order valence-corrected chi connectivity index (χ0v) is 7.90. The molecule has 0 aliphatic heterocycles. The average molecular weight is 186 g/mol. The van der Waals surface area contributed by atoms with Gasteiger partial charge in [0.25, 0.3) is 0 Å². The quantitative estimate of drug-likeness (QED) is 0.622. The molecule has 1 unspecified atom stereocenters. The molecule has 0 aromatic heterocycles. The van der Waals surface area contributed by atoms with E-state index in [-0.39, 0.29) is 10.9 Å². The van der Waals surface area contributed by atoms with Gasteiger partial charge in [-0.1, -0.05) is 29.8 Å². The Balaban J connectivity index is 2.76. The van der Waals surface area contributed by atoms with Gasteiger partial charge in [0.15, 0.2) is 4.90 Å². The second-order valence-corrected chi connectivity index (χ2v) is 4.24. The Morgan fingerprint density at radius 2 is 1.91 bits per heavy atom. The summed E-state index contributed by atoms with van der Waals surface area (Å²) < 4.78 is 0. The predicted molar refractivity (Wildman–Crippen MR) is 53.0 cm³/mol. The monoisotopic (exact) mass is 185 g/mol. The summed E-state index contributed by atoms with van der Waals surface area (Å²) >= 11 is 5.47. The van der Waals surface area contributed by atoms with E-state index in [0.29, 0.717) is 0 Å². The van der Waals surface area contributed by atoms with Gasteiger partial charge in [-0.25, -0.2) is 0 Å². The predicted octanol–water partition coefficient (Wildman–Crippen LogP) is 3.00. The van der Waals surface area contributed by atoms with Gasteiger partial charge in [0.05, 0.1) is 16.4 Å². The number of halogens is 1. The molecular formula is C9H10ClS+. The van der Waals surface area contributed by atoms with Gasteiger partial charge in [0.1, 0.15) is 11.7 Å². The fourth-order valence-electron chi connectivity index (χ4n) is 0.791. The molecule has 1 aromatic rings. The van der Waals surface area contributed by atoms with Crippen molar-refractivity contribution in [3.63, 3.8) is 0 Å². The van der Waals surface area contributed by atoms with Crippen LogP contribution >= 0.6 is 11.6 Å². The van der Waals surface area contributed by atoms with E-state index in [0.717, 1.165) is 0 Å². The van der Waals surface area contributed by atoms with E-state index in [1.54, 1.807) is 5.54 Å². The van der Waals surface area contributed by atoms with Gasteiger partial charge in [-0.15, -0.1) is 0 Å². The minimum atomic E-state index is 0.154. The molecule has 1 atom stereocenters. The Hall–Kier alpha value is -0.400. The second kappa shape index (κ2) is 4.47. The highest BCUT2D eigenvalue weighted by Gasteiger charge is 2.08. The molecule has 0 spiro atoms. The van der Waals surface area contributed by atoms with Crippen molar-refractivity contribution in [2.24, 2.45) is 0 Å². The molecule has 0 saturated carbocycles. The molecule has 0 fully saturated rings. The zero-order valence-electron chi connectivity index (χ0n) is 6.33. The number of benzene rings is 1. The van der Waals surface area contributed by atoms with Crippen molar-refractivity contribution in [3.05, 3.63) is 41.3 Å². The van der Waals surface area contributed by atoms with Crippen LogP contribution in [0.4, 0.5) is 0 Å². The normalized spacial score (nSPS) is 13.6. The first-order chi connectivity index (χ1) is 5.34. The van der Waals surface area contributed by atoms with Crippen LogP contribution in [0.3, 0.4) is 0 Å². The Morgan fingerprint density at radius 3 is 2.45 bits per heavy atom. The molecule has 0 aliphatic rings. The van der Waals surface area contributed by atoms with Gasteiger partial charge < -0.3 is 0 Å². The second-order valence-electron chi connectivity index (χ2n) is 2.13. The standard InChI is InChI=1S/C9H10ClS/c1-11(8-7-10)9-5-3-2-4-6-9/h2-8H,1H3/q+1/b8-7-. The average Bonchev–Trinajstić information content (AvgIpc) is 2.07. The van der Waals surface area contributed by atoms with Crippen LogP contribution in [0.5, 0.6) is 0 Å². The van der Waals surface area contributed by atoms with Crippen LogP contribution in [0.2, 0.25) is 0 Å². The number of hydrogen-bond donors (Lipinski definition) is 0. The van der Waals surface area contributed by atoms with Crippen LogP contribution in [0, 0.1) is 0 Å². The van der Waals surface area contributed by atoms with Crippen LogP contribution in [0.15, 0.2) is 46.2 Å². The lowest BCUT2D eigenvalue weighted by atomic mass is 10.4. The molecule has 0 bridgehead atoms. The molecule has 0 aliphatic carbocycles. The van der Waals surface area contributed by atoms with Crippen molar-refractivity contribution in [2.75, 3.05) is 6.26 Å². The largest absolute Gasteiger partial charge is 0.159 e. The van der Waals surface area contributed by atoms with Gasteiger partial charge in [0, 0.05) is 0 Å². The Kier molecular flexibility index (Phi) is 3.53. The molecule has 1 aromatic carbocycles. The van der Waals surface area contributed by atoms with Crippen molar-refractivity contribution in [3.8, 4) is 0 Å². The summed E-state index contributed by atoms with van der Waals surface area (Å²) in [5.74, 6) is 0. The zero-order chi connectivity index (χ0) is 8.10. The summed E-state index contributed by atoms with van der Waals surface area (Å²) in [6.07, 6.45) is 2.15. The summed E-state index contributed by atoms with van der Waals surface area (Å²) in [4.78, 5) is 1.32. The van der Waals surface area contributed by atoms with Crippen LogP contribution < -0.4 is 0 Å². The lowest BCUT2D eigenvalue weighted by Crippen LogP contribution is -1.92. The molecule has 0 saturated heterocycles. The number of rotatable bonds is 2. The Labute approximate surface area is 75.2 Å². The van der Waals surface area contributed by atoms with E-state index >= 15 is 0 Å².